The first kappa shape index (κ1) is 16.3. The number of carbonyl (C=O) groups is 1. The van der Waals surface area contributed by atoms with Crippen LogP contribution in [-0.4, -0.2) is 55.6 Å². The molecule has 0 aromatic heterocycles. The summed E-state index contributed by atoms with van der Waals surface area (Å²) in [7, 11) is 3.03. The molecule has 3 atom stereocenters. The minimum atomic E-state index is -0.657. The maximum Gasteiger partial charge on any atom is 0.409 e. The second-order valence-corrected chi connectivity index (χ2v) is 6.84. The second kappa shape index (κ2) is 5.95. The van der Waals surface area contributed by atoms with Crippen molar-refractivity contribution in [2.24, 2.45) is 0 Å². The molecule has 6 nitrogen and oxygen atoms in total. The Morgan fingerprint density at radius 1 is 1.36 bits per heavy atom. The van der Waals surface area contributed by atoms with Crippen LogP contribution in [0.4, 0.5) is 4.79 Å². The molecule has 4 rings (SSSR count). The summed E-state index contributed by atoms with van der Waals surface area (Å²) in [5, 5.41) is 11.0. The molecule has 0 unspecified atom stereocenters. The van der Waals surface area contributed by atoms with Crippen molar-refractivity contribution >= 4 is 6.09 Å². The standard InChI is InChI=1S/C19H23NO5/c1-23-13-7-6-12-8-10-20(18(22)24-2)11-9-19-14(21)4-3-5-15(19)25-17(13)16(12)19/h3-4,6-7,14-15,21H,5,8-11H2,1-2H3/t14-,15-,19+/m0/s1. The lowest BCUT2D eigenvalue weighted by Gasteiger charge is -2.42. The molecule has 6 heteroatoms. The van der Waals surface area contributed by atoms with Crippen molar-refractivity contribution in [3.8, 4) is 11.5 Å². The lowest BCUT2D eigenvalue weighted by atomic mass is 9.65. The molecule has 1 aromatic carbocycles. The van der Waals surface area contributed by atoms with Gasteiger partial charge in [0.1, 0.15) is 6.10 Å². The Morgan fingerprint density at radius 3 is 2.96 bits per heavy atom. The molecule has 0 bridgehead atoms. The number of carbonyl (C=O) groups excluding carboxylic acids is 1. The van der Waals surface area contributed by atoms with Crippen LogP contribution in [0.3, 0.4) is 0 Å². The molecule has 0 radical (unpaired) electrons. The van der Waals surface area contributed by atoms with E-state index in [1.807, 2.05) is 24.3 Å². The SMILES string of the molecule is COC(=O)N1CCc2ccc(OC)c3c2[C@@]2(CC1)[C@H](CC=C[C@@H]2O)O3. The van der Waals surface area contributed by atoms with Crippen molar-refractivity contribution in [1.82, 2.24) is 4.90 Å². The third-order valence-corrected chi connectivity index (χ3v) is 5.80. The molecule has 25 heavy (non-hydrogen) atoms. The zero-order valence-electron chi connectivity index (χ0n) is 14.5. The van der Waals surface area contributed by atoms with Crippen molar-refractivity contribution in [3.05, 3.63) is 35.4 Å². The van der Waals surface area contributed by atoms with Crippen LogP contribution >= 0.6 is 0 Å². The van der Waals surface area contributed by atoms with E-state index in [9.17, 15) is 9.90 Å². The van der Waals surface area contributed by atoms with Crippen molar-refractivity contribution < 1.29 is 24.1 Å². The zero-order valence-corrected chi connectivity index (χ0v) is 14.5. The van der Waals surface area contributed by atoms with Crippen molar-refractivity contribution in [2.75, 3.05) is 27.3 Å². The smallest absolute Gasteiger partial charge is 0.409 e. The van der Waals surface area contributed by atoms with Crippen molar-refractivity contribution in [3.63, 3.8) is 0 Å². The normalized spacial score (nSPS) is 29.8. The second-order valence-electron chi connectivity index (χ2n) is 6.84. The molecule has 0 fully saturated rings. The summed E-state index contributed by atoms with van der Waals surface area (Å²) in [5.74, 6) is 1.45. The van der Waals surface area contributed by atoms with Gasteiger partial charge in [0.25, 0.3) is 0 Å². The average molecular weight is 345 g/mol. The molecule has 2 heterocycles. The van der Waals surface area contributed by atoms with Crippen LogP contribution in [-0.2, 0) is 16.6 Å². The Balaban J connectivity index is 1.86. The van der Waals surface area contributed by atoms with E-state index in [0.717, 1.165) is 23.3 Å². The van der Waals surface area contributed by atoms with Gasteiger partial charge in [-0.2, -0.15) is 0 Å². The van der Waals surface area contributed by atoms with Gasteiger partial charge in [0.15, 0.2) is 11.5 Å². The summed E-state index contributed by atoms with van der Waals surface area (Å²) >= 11 is 0. The average Bonchev–Trinajstić information content (AvgIpc) is 2.95. The van der Waals surface area contributed by atoms with Gasteiger partial charge < -0.3 is 24.2 Å². The van der Waals surface area contributed by atoms with Gasteiger partial charge >= 0.3 is 6.09 Å². The number of aliphatic hydroxyl groups excluding tert-OH is 1. The maximum absolute atomic E-state index is 12.1. The number of hydrogen-bond donors (Lipinski definition) is 1. The summed E-state index contributed by atoms with van der Waals surface area (Å²) in [6.07, 6.45) is 4.71. The van der Waals surface area contributed by atoms with Gasteiger partial charge in [-0.3, -0.25) is 0 Å². The van der Waals surface area contributed by atoms with Gasteiger partial charge in [0.05, 0.1) is 25.7 Å². The monoisotopic (exact) mass is 345 g/mol. The number of benzene rings is 1. The Kier molecular flexibility index (Phi) is 3.87. The zero-order chi connectivity index (χ0) is 17.6. The molecule has 1 N–H and O–H groups in total. The van der Waals surface area contributed by atoms with E-state index in [0.29, 0.717) is 31.7 Å². The molecule has 0 saturated carbocycles. The summed E-state index contributed by atoms with van der Waals surface area (Å²) < 4.78 is 16.7. The number of nitrogens with zero attached hydrogens (tertiary/aromatic N) is 1. The van der Waals surface area contributed by atoms with E-state index >= 15 is 0 Å². The van der Waals surface area contributed by atoms with Crippen LogP contribution in [0.25, 0.3) is 0 Å². The summed E-state index contributed by atoms with van der Waals surface area (Å²) in [6.45, 7) is 1.10. The predicted molar refractivity (Wildman–Crippen MR) is 91.2 cm³/mol. The molecule has 2 aliphatic heterocycles. The van der Waals surface area contributed by atoms with Crippen LogP contribution in [0.15, 0.2) is 24.3 Å². The largest absolute Gasteiger partial charge is 0.493 e. The van der Waals surface area contributed by atoms with E-state index in [-0.39, 0.29) is 12.2 Å². The van der Waals surface area contributed by atoms with Crippen LogP contribution in [0.1, 0.15) is 24.0 Å². The quantitative estimate of drug-likeness (QED) is 0.789. The molecule has 1 aliphatic carbocycles. The minimum absolute atomic E-state index is 0.157. The van der Waals surface area contributed by atoms with E-state index in [1.54, 1.807) is 12.0 Å². The van der Waals surface area contributed by atoms with Gasteiger partial charge in [-0.1, -0.05) is 18.2 Å². The van der Waals surface area contributed by atoms with Crippen LogP contribution in [0, 0.1) is 0 Å². The third-order valence-electron chi connectivity index (χ3n) is 5.80. The van der Waals surface area contributed by atoms with Crippen molar-refractivity contribution in [1.29, 1.82) is 0 Å². The Hall–Kier alpha value is -2.21. The van der Waals surface area contributed by atoms with Gasteiger partial charge in [-0.15, -0.1) is 0 Å². The molecule has 3 aliphatic rings. The van der Waals surface area contributed by atoms with Crippen molar-refractivity contribution in [2.45, 2.75) is 36.9 Å². The fourth-order valence-corrected chi connectivity index (χ4v) is 4.54. The highest BCUT2D eigenvalue weighted by Crippen LogP contribution is 2.55. The first-order valence-corrected chi connectivity index (χ1v) is 8.66. The Bertz CT molecular complexity index is 731. The lowest BCUT2D eigenvalue weighted by molar-refractivity contribution is 0.0249. The predicted octanol–water partition coefficient (Wildman–Crippen LogP) is 2.03. The fourth-order valence-electron chi connectivity index (χ4n) is 4.54. The number of hydrogen-bond acceptors (Lipinski definition) is 5. The molecule has 134 valence electrons. The number of methoxy groups -OCH3 is 2. The number of ether oxygens (including phenoxy) is 3. The third kappa shape index (κ3) is 2.24. The molecule has 1 aromatic rings. The molecule has 1 spiro atoms. The van der Waals surface area contributed by atoms with E-state index in [2.05, 4.69) is 0 Å². The highest BCUT2D eigenvalue weighted by Gasteiger charge is 2.56. The Morgan fingerprint density at radius 2 is 2.20 bits per heavy atom. The van der Waals surface area contributed by atoms with Crippen LogP contribution in [0.5, 0.6) is 11.5 Å². The molecular formula is C19H23NO5. The summed E-state index contributed by atoms with van der Waals surface area (Å²) in [4.78, 5) is 13.8. The van der Waals surface area contributed by atoms with Gasteiger partial charge in [-0.25, -0.2) is 4.79 Å². The van der Waals surface area contributed by atoms with Gasteiger partial charge in [0, 0.05) is 25.1 Å². The first-order chi connectivity index (χ1) is 12.1. The van der Waals surface area contributed by atoms with E-state index < -0.39 is 11.5 Å². The summed E-state index contributed by atoms with van der Waals surface area (Å²) in [6, 6.07) is 3.93. The lowest BCUT2D eigenvalue weighted by Crippen LogP contribution is -2.52. The highest BCUT2D eigenvalue weighted by atomic mass is 16.5. The summed E-state index contributed by atoms with van der Waals surface area (Å²) in [5.41, 5.74) is 1.60. The van der Waals surface area contributed by atoms with Crippen LogP contribution < -0.4 is 9.47 Å². The minimum Gasteiger partial charge on any atom is -0.493 e. The number of rotatable bonds is 1. The van der Waals surface area contributed by atoms with Gasteiger partial charge in [-0.05, 0) is 24.5 Å². The van der Waals surface area contributed by atoms with Crippen LogP contribution in [0.2, 0.25) is 0 Å². The molecule has 0 saturated heterocycles. The number of amides is 1. The first-order valence-electron chi connectivity index (χ1n) is 8.66. The number of aliphatic hydroxyl groups is 1. The highest BCUT2D eigenvalue weighted by molar-refractivity contribution is 5.68. The molecular weight excluding hydrogens is 322 g/mol. The van der Waals surface area contributed by atoms with E-state index in [4.69, 9.17) is 14.2 Å². The topological polar surface area (TPSA) is 68.2 Å². The molecule has 1 amide bonds. The fraction of sp³-hybridized carbons (Fsp3) is 0.526. The maximum atomic E-state index is 12.1. The Labute approximate surface area is 147 Å². The van der Waals surface area contributed by atoms with Gasteiger partial charge in [0.2, 0.25) is 0 Å². The van der Waals surface area contributed by atoms with E-state index in [1.165, 1.54) is 7.11 Å².